The third-order valence-corrected chi connectivity index (χ3v) is 3.63. The van der Waals surface area contributed by atoms with Crippen LogP contribution < -0.4 is 0 Å². The molecule has 0 saturated carbocycles. The number of Topliss-reactive ketones (excluding diaryl/α,β-unsaturated/α-hetero) is 1. The van der Waals surface area contributed by atoms with Gasteiger partial charge in [-0.3, -0.25) is 4.79 Å². The molecule has 0 spiro atoms. The first-order valence-corrected chi connectivity index (χ1v) is 7.60. The summed E-state index contributed by atoms with van der Waals surface area (Å²) in [4.78, 5) is 11.7. The van der Waals surface area contributed by atoms with Crippen LogP contribution in [0.1, 0.15) is 55.1 Å². The number of aryl methyl sites for hydroxylation is 1. The van der Waals surface area contributed by atoms with Crippen LogP contribution in [0.25, 0.3) is 0 Å². The summed E-state index contributed by atoms with van der Waals surface area (Å²) in [5.41, 5.74) is 4.45. The Hall–Kier alpha value is -1.87. The summed E-state index contributed by atoms with van der Waals surface area (Å²) in [6.07, 6.45) is 6.87. The molecule has 1 rings (SSSR count). The van der Waals surface area contributed by atoms with E-state index < -0.39 is 6.61 Å². The molecule has 1 aromatic rings. The molecule has 0 aliphatic rings. The minimum atomic E-state index is -0.511. The number of hydrogen-bond acceptors (Lipinski definition) is 3. The molecule has 2 N–H and O–H groups in total. The van der Waals surface area contributed by atoms with Gasteiger partial charge in [0.15, 0.2) is 5.78 Å². The van der Waals surface area contributed by atoms with Crippen LogP contribution in [0.5, 0.6) is 5.75 Å². The second kappa shape index (κ2) is 8.54. The van der Waals surface area contributed by atoms with E-state index in [0.29, 0.717) is 23.1 Å². The fraction of sp³-hybridized carbons (Fsp3) is 0.421. The zero-order valence-electron chi connectivity index (χ0n) is 13.9. The summed E-state index contributed by atoms with van der Waals surface area (Å²) < 4.78 is 0. The highest BCUT2D eigenvalue weighted by Crippen LogP contribution is 2.24. The highest BCUT2D eigenvalue weighted by Gasteiger charge is 2.11. The minimum absolute atomic E-state index is 0.195. The van der Waals surface area contributed by atoms with E-state index >= 15 is 0 Å². The Morgan fingerprint density at radius 2 is 1.86 bits per heavy atom. The molecule has 22 heavy (non-hydrogen) atoms. The number of benzene rings is 1. The second-order valence-corrected chi connectivity index (χ2v) is 5.95. The van der Waals surface area contributed by atoms with Crippen LogP contribution >= 0.6 is 0 Å². The van der Waals surface area contributed by atoms with E-state index in [1.807, 2.05) is 0 Å². The monoisotopic (exact) mass is 302 g/mol. The minimum Gasteiger partial charge on any atom is -0.508 e. The lowest BCUT2D eigenvalue weighted by molar-refractivity contribution is 0.0903. The molecule has 0 radical (unpaired) electrons. The number of aliphatic hydroxyl groups excluding tert-OH is 1. The van der Waals surface area contributed by atoms with Gasteiger partial charge in [0.2, 0.25) is 0 Å². The number of phenols is 1. The Bertz CT molecular complexity index is 591. The van der Waals surface area contributed by atoms with E-state index in [-0.39, 0.29) is 11.5 Å². The zero-order valence-corrected chi connectivity index (χ0v) is 13.9. The maximum absolute atomic E-state index is 11.7. The average Bonchev–Trinajstić information content (AvgIpc) is 2.45. The van der Waals surface area contributed by atoms with Crippen molar-refractivity contribution in [1.29, 1.82) is 0 Å². The third kappa shape index (κ3) is 5.49. The van der Waals surface area contributed by atoms with Crippen molar-refractivity contribution in [2.45, 2.75) is 47.0 Å². The van der Waals surface area contributed by atoms with Crippen LogP contribution in [0.3, 0.4) is 0 Å². The van der Waals surface area contributed by atoms with Crippen molar-refractivity contribution in [3.63, 3.8) is 0 Å². The Kier molecular flexibility index (Phi) is 7.06. The number of aromatic hydroxyl groups is 1. The van der Waals surface area contributed by atoms with Gasteiger partial charge in [-0.15, -0.1) is 0 Å². The van der Waals surface area contributed by atoms with Crippen LogP contribution in [0, 0.1) is 6.92 Å². The van der Waals surface area contributed by atoms with Gasteiger partial charge >= 0.3 is 0 Å². The molecule has 3 nitrogen and oxygen atoms in total. The number of ketones is 1. The lowest BCUT2D eigenvalue weighted by atomic mass is 9.98. The number of allylic oxidation sites excluding steroid dienone is 4. The first-order chi connectivity index (χ1) is 10.3. The van der Waals surface area contributed by atoms with Gasteiger partial charge in [0.1, 0.15) is 12.4 Å². The fourth-order valence-electron chi connectivity index (χ4n) is 2.26. The summed E-state index contributed by atoms with van der Waals surface area (Å²) in [7, 11) is 0. The molecular formula is C19H26O3. The van der Waals surface area contributed by atoms with Crippen molar-refractivity contribution in [3.8, 4) is 5.75 Å². The highest BCUT2D eigenvalue weighted by molar-refractivity contribution is 5.98. The van der Waals surface area contributed by atoms with Gasteiger partial charge in [-0.2, -0.15) is 0 Å². The third-order valence-electron chi connectivity index (χ3n) is 3.63. The van der Waals surface area contributed by atoms with Gasteiger partial charge in [-0.1, -0.05) is 23.3 Å². The summed E-state index contributed by atoms with van der Waals surface area (Å²) in [6, 6.07) is 3.27. The molecule has 0 unspecified atom stereocenters. The lowest BCUT2D eigenvalue weighted by Gasteiger charge is -2.09. The van der Waals surface area contributed by atoms with Crippen LogP contribution in [0.4, 0.5) is 0 Å². The molecular weight excluding hydrogens is 276 g/mol. The number of rotatable bonds is 7. The number of carbonyl (C=O) groups excluding carboxylic acids is 1. The van der Waals surface area contributed by atoms with E-state index in [1.165, 1.54) is 11.1 Å². The predicted octanol–water partition coefficient (Wildman–Crippen LogP) is 4.11. The summed E-state index contributed by atoms with van der Waals surface area (Å²) in [5.74, 6) is -0.122. The Morgan fingerprint density at radius 3 is 2.45 bits per heavy atom. The van der Waals surface area contributed by atoms with Crippen molar-refractivity contribution in [2.75, 3.05) is 6.61 Å². The zero-order chi connectivity index (χ0) is 16.7. The van der Waals surface area contributed by atoms with Gasteiger partial charge in [0.25, 0.3) is 0 Å². The van der Waals surface area contributed by atoms with Gasteiger partial charge in [0, 0.05) is 5.56 Å². The van der Waals surface area contributed by atoms with Gasteiger partial charge < -0.3 is 10.2 Å². The Labute approximate surface area is 133 Å². The number of carbonyl (C=O) groups is 1. The molecule has 0 aromatic heterocycles. The predicted molar refractivity (Wildman–Crippen MR) is 90.4 cm³/mol. The molecule has 0 atom stereocenters. The summed E-state index contributed by atoms with van der Waals surface area (Å²) in [5, 5.41) is 19.0. The smallest absolute Gasteiger partial charge is 0.188 e. The molecule has 0 aliphatic carbocycles. The van der Waals surface area contributed by atoms with Gasteiger partial charge in [0.05, 0.1) is 0 Å². The molecule has 0 amide bonds. The van der Waals surface area contributed by atoms with Crippen molar-refractivity contribution in [1.82, 2.24) is 0 Å². The molecule has 1 aromatic carbocycles. The van der Waals surface area contributed by atoms with Gasteiger partial charge in [-0.05, 0) is 70.2 Å². The first kappa shape index (κ1) is 18.2. The molecule has 3 heteroatoms. The quantitative estimate of drug-likeness (QED) is 0.588. The van der Waals surface area contributed by atoms with E-state index in [1.54, 1.807) is 19.1 Å². The molecule has 0 bridgehead atoms. The summed E-state index contributed by atoms with van der Waals surface area (Å²) in [6.45, 7) is 7.49. The largest absolute Gasteiger partial charge is 0.508 e. The second-order valence-electron chi connectivity index (χ2n) is 5.95. The van der Waals surface area contributed by atoms with Crippen molar-refractivity contribution >= 4 is 5.78 Å². The number of hydrogen-bond donors (Lipinski definition) is 2. The standard InChI is InChI=1S/C19H26O3/c1-13(2)6-5-7-14(3)8-9-16-11-17(19(22)12-20)15(4)10-18(16)21/h6,8,10-11,20-21H,5,7,9,12H2,1-4H3/b14-8+. The molecule has 0 fully saturated rings. The molecule has 0 saturated heterocycles. The maximum atomic E-state index is 11.7. The average molecular weight is 302 g/mol. The fourth-order valence-corrected chi connectivity index (χ4v) is 2.26. The summed E-state index contributed by atoms with van der Waals surface area (Å²) >= 11 is 0. The van der Waals surface area contributed by atoms with Crippen molar-refractivity contribution in [2.24, 2.45) is 0 Å². The van der Waals surface area contributed by atoms with Crippen molar-refractivity contribution < 1.29 is 15.0 Å². The highest BCUT2D eigenvalue weighted by atomic mass is 16.3. The number of aliphatic hydroxyl groups is 1. The first-order valence-electron chi connectivity index (χ1n) is 7.60. The number of phenolic OH excluding ortho intramolecular Hbond substituents is 1. The van der Waals surface area contributed by atoms with E-state index in [0.717, 1.165) is 12.8 Å². The van der Waals surface area contributed by atoms with Crippen LogP contribution in [0.15, 0.2) is 35.4 Å². The van der Waals surface area contributed by atoms with E-state index in [9.17, 15) is 9.90 Å². The van der Waals surface area contributed by atoms with E-state index in [4.69, 9.17) is 5.11 Å². The van der Waals surface area contributed by atoms with Crippen LogP contribution in [0.2, 0.25) is 0 Å². The van der Waals surface area contributed by atoms with Crippen molar-refractivity contribution in [3.05, 3.63) is 52.1 Å². The molecule has 120 valence electrons. The topological polar surface area (TPSA) is 57.5 Å². The lowest BCUT2D eigenvalue weighted by Crippen LogP contribution is -2.07. The maximum Gasteiger partial charge on any atom is 0.188 e. The molecule has 0 heterocycles. The molecule has 0 aliphatic heterocycles. The Balaban J connectivity index is 2.84. The van der Waals surface area contributed by atoms with Crippen LogP contribution in [-0.2, 0) is 6.42 Å². The van der Waals surface area contributed by atoms with Crippen LogP contribution in [-0.4, -0.2) is 22.6 Å². The normalized spacial score (nSPS) is 11.4. The van der Waals surface area contributed by atoms with Gasteiger partial charge in [-0.25, -0.2) is 0 Å². The SMILES string of the molecule is CC(C)=CCC/C(C)=C/Cc1cc(C(=O)CO)c(C)cc1O. The Morgan fingerprint density at radius 1 is 1.18 bits per heavy atom. The van der Waals surface area contributed by atoms with E-state index in [2.05, 4.69) is 32.9 Å².